The fourth-order valence-electron chi connectivity index (χ4n) is 3.32. The summed E-state index contributed by atoms with van der Waals surface area (Å²) in [5.41, 5.74) is 7.58. The number of hydrogen-bond acceptors (Lipinski definition) is 3. The second-order valence-electron chi connectivity index (χ2n) is 6.28. The lowest BCUT2D eigenvalue weighted by molar-refractivity contribution is 0.193. The predicted octanol–water partition coefficient (Wildman–Crippen LogP) is 4.35. The van der Waals surface area contributed by atoms with E-state index in [2.05, 4.69) is 0 Å². The monoisotopic (exact) mass is 345 g/mol. The lowest BCUT2D eigenvalue weighted by atomic mass is 9.88. The number of benzene rings is 2. The fourth-order valence-corrected chi connectivity index (χ4v) is 3.32. The first-order chi connectivity index (χ1) is 12.0. The topological polar surface area (TPSA) is 53.0 Å². The molecule has 0 radical (unpaired) electrons. The Morgan fingerprint density at radius 1 is 1.12 bits per heavy atom. The molecule has 3 rings (SSSR count). The molecule has 1 aliphatic rings. The average Bonchev–Trinajstić information content (AvgIpc) is 2.63. The maximum Gasteiger partial charge on any atom is 0.131 e. The second-order valence-corrected chi connectivity index (χ2v) is 6.28. The number of halogens is 3. The van der Waals surface area contributed by atoms with Gasteiger partial charge in [0.15, 0.2) is 0 Å². The van der Waals surface area contributed by atoms with Crippen LogP contribution in [0.15, 0.2) is 36.4 Å². The zero-order chi connectivity index (χ0) is 18.0. The van der Waals surface area contributed by atoms with Crippen molar-refractivity contribution >= 4 is 11.4 Å². The van der Waals surface area contributed by atoms with E-state index in [0.717, 1.165) is 23.9 Å². The Bertz CT molecular complexity index is 808. The van der Waals surface area contributed by atoms with Gasteiger partial charge in [-0.05, 0) is 55.2 Å². The molecule has 2 aromatic carbocycles. The van der Waals surface area contributed by atoms with Crippen molar-refractivity contribution in [3.8, 4) is 6.07 Å². The van der Waals surface area contributed by atoms with Crippen LogP contribution in [0.5, 0.6) is 0 Å². The van der Waals surface area contributed by atoms with Gasteiger partial charge in [-0.15, -0.1) is 0 Å². The highest BCUT2D eigenvalue weighted by Gasteiger charge is 2.30. The highest BCUT2D eigenvalue weighted by atomic mass is 19.1. The second kappa shape index (κ2) is 7.06. The van der Waals surface area contributed by atoms with E-state index < -0.39 is 17.8 Å². The van der Waals surface area contributed by atoms with Gasteiger partial charge in [0.2, 0.25) is 0 Å². The van der Waals surface area contributed by atoms with E-state index in [4.69, 9.17) is 11.0 Å². The smallest absolute Gasteiger partial charge is 0.131 e. The molecule has 2 N–H and O–H groups in total. The molecule has 1 aliphatic heterocycles. The number of nitrogens with zero attached hydrogens (tertiary/aromatic N) is 2. The summed E-state index contributed by atoms with van der Waals surface area (Å²) in [6.45, 7) is 1.14. The van der Waals surface area contributed by atoms with Gasteiger partial charge in [0.05, 0.1) is 23.0 Å². The van der Waals surface area contributed by atoms with Crippen molar-refractivity contribution in [2.75, 3.05) is 23.7 Å². The number of alkyl halides is 1. The minimum atomic E-state index is -1.53. The zero-order valence-corrected chi connectivity index (χ0v) is 13.6. The summed E-state index contributed by atoms with van der Waals surface area (Å²) < 4.78 is 41.8. The molecule has 1 fully saturated rings. The third kappa shape index (κ3) is 3.55. The third-order valence-electron chi connectivity index (χ3n) is 4.71. The molecular formula is C19H18F3N3. The Kier molecular flexibility index (Phi) is 4.84. The number of rotatable bonds is 3. The van der Waals surface area contributed by atoms with Gasteiger partial charge in [-0.25, -0.2) is 13.2 Å². The van der Waals surface area contributed by atoms with Crippen LogP contribution in [0, 0.1) is 28.9 Å². The number of nitrogens with two attached hydrogens (primary N) is 1. The van der Waals surface area contributed by atoms with Gasteiger partial charge in [-0.3, -0.25) is 0 Å². The maximum absolute atomic E-state index is 14.7. The first kappa shape index (κ1) is 17.2. The molecule has 3 nitrogen and oxygen atoms in total. The summed E-state index contributed by atoms with van der Waals surface area (Å²) in [4.78, 5) is 2.03. The Balaban J connectivity index is 1.69. The normalized spacial score (nSPS) is 16.5. The molecule has 1 atom stereocenters. The van der Waals surface area contributed by atoms with E-state index in [1.54, 1.807) is 18.2 Å². The van der Waals surface area contributed by atoms with Crippen LogP contribution in [0.2, 0.25) is 0 Å². The van der Waals surface area contributed by atoms with Gasteiger partial charge in [0, 0.05) is 18.7 Å². The van der Waals surface area contributed by atoms with Crippen LogP contribution in [-0.4, -0.2) is 13.1 Å². The third-order valence-corrected chi connectivity index (χ3v) is 4.71. The summed E-state index contributed by atoms with van der Waals surface area (Å²) in [7, 11) is 0. The molecule has 0 aliphatic carbocycles. The van der Waals surface area contributed by atoms with Crippen LogP contribution >= 0.6 is 0 Å². The van der Waals surface area contributed by atoms with E-state index in [1.807, 2.05) is 11.0 Å². The van der Waals surface area contributed by atoms with Crippen molar-refractivity contribution in [1.29, 1.82) is 5.26 Å². The van der Waals surface area contributed by atoms with Crippen molar-refractivity contribution in [2.45, 2.75) is 19.0 Å². The van der Waals surface area contributed by atoms with Crippen LogP contribution in [0.4, 0.5) is 24.5 Å². The van der Waals surface area contributed by atoms with Gasteiger partial charge < -0.3 is 10.6 Å². The maximum atomic E-state index is 14.7. The van der Waals surface area contributed by atoms with Crippen LogP contribution in [0.25, 0.3) is 0 Å². The molecule has 0 bridgehead atoms. The number of nitrogen functional groups attached to an aromatic ring is 1. The highest BCUT2D eigenvalue weighted by molar-refractivity contribution is 5.69. The minimum Gasteiger partial charge on any atom is -0.397 e. The summed E-state index contributed by atoms with van der Waals surface area (Å²) in [6.07, 6.45) is -0.510. The van der Waals surface area contributed by atoms with Gasteiger partial charge in [-0.2, -0.15) is 5.26 Å². The highest BCUT2D eigenvalue weighted by Crippen LogP contribution is 2.37. The molecule has 1 unspecified atom stereocenters. The van der Waals surface area contributed by atoms with Gasteiger partial charge >= 0.3 is 0 Å². The van der Waals surface area contributed by atoms with Gasteiger partial charge in [0.25, 0.3) is 0 Å². The summed E-state index contributed by atoms with van der Waals surface area (Å²) in [5.74, 6) is -1.72. The van der Waals surface area contributed by atoms with Crippen LogP contribution in [0.3, 0.4) is 0 Å². The Hall–Kier alpha value is -2.68. The summed E-state index contributed by atoms with van der Waals surface area (Å²) in [5, 5.41) is 8.89. The average molecular weight is 345 g/mol. The quantitative estimate of drug-likeness (QED) is 0.842. The lowest BCUT2D eigenvalue weighted by Gasteiger charge is -2.35. The molecule has 25 heavy (non-hydrogen) atoms. The predicted molar refractivity (Wildman–Crippen MR) is 90.7 cm³/mol. The fraction of sp³-hybridized carbons (Fsp3) is 0.316. The summed E-state index contributed by atoms with van der Waals surface area (Å²) in [6, 6.07) is 10.0. The van der Waals surface area contributed by atoms with Gasteiger partial charge in [-0.1, -0.05) is 0 Å². The number of piperidine rings is 1. The van der Waals surface area contributed by atoms with E-state index in [-0.39, 0.29) is 11.5 Å². The largest absolute Gasteiger partial charge is 0.397 e. The SMILES string of the molecule is N#Cc1ccc(N2CCC(C(F)c3cc(F)ccc3F)CC2)c(N)c1. The lowest BCUT2D eigenvalue weighted by Crippen LogP contribution is -2.35. The molecule has 0 amide bonds. The van der Waals surface area contributed by atoms with Crippen molar-refractivity contribution in [1.82, 2.24) is 0 Å². The molecule has 1 heterocycles. The number of hydrogen-bond donors (Lipinski definition) is 1. The van der Waals surface area contributed by atoms with E-state index in [0.29, 0.717) is 37.2 Å². The van der Waals surface area contributed by atoms with Crippen LogP contribution in [-0.2, 0) is 0 Å². The van der Waals surface area contributed by atoms with E-state index in [9.17, 15) is 13.2 Å². The molecule has 0 spiro atoms. The molecule has 130 valence electrons. The first-order valence-corrected chi connectivity index (χ1v) is 8.13. The molecule has 0 aromatic heterocycles. The minimum absolute atomic E-state index is 0.212. The summed E-state index contributed by atoms with van der Waals surface area (Å²) >= 11 is 0. The standard InChI is InChI=1S/C19H18F3N3/c20-14-2-3-16(21)15(10-14)19(22)13-5-7-25(8-6-13)18-4-1-12(11-23)9-17(18)24/h1-4,9-10,13,19H,5-8,24H2. The van der Waals surface area contributed by atoms with E-state index in [1.165, 1.54) is 0 Å². The zero-order valence-electron chi connectivity index (χ0n) is 13.6. The van der Waals surface area contributed by atoms with Crippen molar-refractivity contribution in [3.63, 3.8) is 0 Å². The number of nitriles is 1. The Labute approximate surface area is 144 Å². The van der Waals surface area contributed by atoms with Gasteiger partial charge in [0.1, 0.15) is 17.8 Å². The first-order valence-electron chi connectivity index (χ1n) is 8.13. The Morgan fingerprint density at radius 3 is 2.48 bits per heavy atom. The molecule has 6 heteroatoms. The van der Waals surface area contributed by atoms with Crippen molar-refractivity contribution < 1.29 is 13.2 Å². The van der Waals surface area contributed by atoms with Crippen molar-refractivity contribution in [3.05, 3.63) is 59.2 Å². The van der Waals surface area contributed by atoms with Crippen LogP contribution in [0.1, 0.15) is 30.1 Å². The van der Waals surface area contributed by atoms with Crippen molar-refractivity contribution in [2.24, 2.45) is 5.92 Å². The number of anilines is 2. The molecule has 1 saturated heterocycles. The molecule has 2 aromatic rings. The van der Waals surface area contributed by atoms with Crippen LogP contribution < -0.4 is 10.6 Å². The Morgan fingerprint density at radius 2 is 1.84 bits per heavy atom. The van der Waals surface area contributed by atoms with E-state index >= 15 is 0 Å². The molecule has 0 saturated carbocycles. The molecular weight excluding hydrogens is 327 g/mol.